The molecule has 1 unspecified atom stereocenters. The second kappa shape index (κ2) is 6.98. The molecule has 100 valence electrons. The third-order valence-corrected chi connectivity index (χ3v) is 3.55. The van der Waals surface area contributed by atoms with Gasteiger partial charge in [-0.05, 0) is 43.5 Å². The Labute approximate surface area is 113 Å². The number of benzene rings is 1. The van der Waals surface area contributed by atoms with E-state index < -0.39 is 0 Å². The Bertz CT molecular complexity index is 378. The molecule has 3 nitrogen and oxygen atoms in total. The van der Waals surface area contributed by atoms with Gasteiger partial charge in [0.2, 0.25) is 0 Å². The average Bonchev–Trinajstić information content (AvgIpc) is 2.88. The number of methoxy groups -OCH3 is 1. The van der Waals surface area contributed by atoms with Crippen molar-refractivity contribution >= 4 is 11.6 Å². The molecular formula is C14H20ClNO2. The van der Waals surface area contributed by atoms with Gasteiger partial charge in [0.15, 0.2) is 0 Å². The zero-order chi connectivity index (χ0) is 12.8. The smallest absolute Gasteiger partial charge is 0.123 e. The summed E-state index contributed by atoms with van der Waals surface area (Å²) in [5.74, 6) is 1.61. The molecule has 1 aromatic rings. The third kappa shape index (κ3) is 3.87. The topological polar surface area (TPSA) is 30.5 Å². The fraction of sp³-hybridized carbons (Fsp3) is 0.571. The maximum absolute atomic E-state index is 5.99. The molecule has 4 heteroatoms. The first kappa shape index (κ1) is 13.7. The van der Waals surface area contributed by atoms with Gasteiger partial charge in [-0.2, -0.15) is 0 Å². The molecule has 1 heterocycles. The largest absolute Gasteiger partial charge is 0.496 e. The van der Waals surface area contributed by atoms with Crippen LogP contribution in [0.4, 0.5) is 0 Å². The van der Waals surface area contributed by atoms with Crippen LogP contribution >= 0.6 is 11.6 Å². The molecule has 0 spiro atoms. The van der Waals surface area contributed by atoms with Gasteiger partial charge in [-0.15, -0.1) is 0 Å². The van der Waals surface area contributed by atoms with Crippen LogP contribution in [0.2, 0.25) is 5.02 Å². The molecule has 0 saturated carbocycles. The quantitative estimate of drug-likeness (QED) is 0.806. The normalized spacial score (nSPS) is 19.1. The molecule has 2 rings (SSSR count). The van der Waals surface area contributed by atoms with Crippen LogP contribution in [-0.4, -0.2) is 26.9 Å². The molecule has 1 atom stereocenters. The van der Waals surface area contributed by atoms with Gasteiger partial charge in [0.05, 0.1) is 7.11 Å². The third-order valence-electron chi connectivity index (χ3n) is 3.31. The second-order valence-corrected chi connectivity index (χ2v) is 5.09. The van der Waals surface area contributed by atoms with Gasteiger partial charge in [0, 0.05) is 30.3 Å². The summed E-state index contributed by atoms with van der Waals surface area (Å²) >= 11 is 5.99. The van der Waals surface area contributed by atoms with Gasteiger partial charge in [-0.1, -0.05) is 11.6 Å². The van der Waals surface area contributed by atoms with Crippen LogP contribution in [0.15, 0.2) is 18.2 Å². The van der Waals surface area contributed by atoms with E-state index in [0.717, 1.165) is 48.6 Å². The maximum atomic E-state index is 5.99. The lowest BCUT2D eigenvalue weighted by molar-refractivity contribution is 0.184. The van der Waals surface area contributed by atoms with Gasteiger partial charge in [0.25, 0.3) is 0 Å². The molecule has 1 aliphatic rings. The lowest BCUT2D eigenvalue weighted by Gasteiger charge is -2.11. The van der Waals surface area contributed by atoms with Crippen LogP contribution in [0.3, 0.4) is 0 Å². The zero-order valence-electron chi connectivity index (χ0n) is 10.7. The van der Waals surface area contributed by atoms with Gasteiger partial charge in [-0.3, -0.25) is 0 Å². The Morgan fingerprint density at radius 1 is 1.50 bits per heavy atom. The average molecular weight is 270 g/mol. The van der Waals surface area contributed by atoms with Crippen molar-refractivity contribution < 1.29 is 9.47 Å². The minimum atomic E-state index is 0.721. The van der Waals surface area contributed by atoms with E-state index in [2.05, 4.69) is 5.32 Å². The van der Waals surface area contributed by atoms with E-state index in [4.69, 9.17) is 21.1 Å². The monoisotopic (exact) mass is 269 g/mol. The Kier molecular flexibility index (Phi) is 5.29. The van der Waals surface area contributed by atoms with Crippen LogP contribution in [-0.2, 0) is 11.3 Å². The molecular weight excluding hydrogens is 250 g/mol. The lowest BCUT2D eigenvalue weighted by atomic mass is 10.1. The lowest BCUT2D eigenvalue weighted by Crippen LogP contribution is -2.18. The van der Waals surface area contributed by atoms with Crippen molar-refractivity contribution in [3.05, 3.63) is 28.8 Å². The Morgan fingerprint density at radius 2 is 2.39 bits per heavy atom. The summed E-state index contributed by atoms with van der Waals surface area (Å²) < 4.78 is 10.7. The standard InChI is InChI=1S/C14H20ClNO2/c1-17-14-3-2-13(15)8-12(14)9-16-6-4-11-5-7-18-10-11/h2-3,8,11,16H,4-7,9-10H2,1H3. The van der Waals surface area contributed by atoms with Gasteiger partial charge in [-0.25, -0.2) is 0 Å². The summed E-state index contributed by atoms with van der Waals surface area (Å²) in [6.45, 7) is 3.63. The summed E-state index contributed by atoms with van der Waals surface area (Å²) in [6, 6.07) is 5.70. The van der Waals surface area contributed by atoms with Crippen LogP contribution < -0.4 is 10.1 Å². The summed E-state index contributed by atoms with van der Waals surface area (Å²) in [6.07, 6.45) is 2.37. The number of hydrogen-bond donors (Lipinski definition) is 1. The van der Waals surface area contributed by atoms with Crippen molar-refractivity contribution in [2.24, 2.45) is 5.92 Å². The molecule has 0 aromatic heterocycles. The van der Waals surface area contributed by atoms with Crippen molar-refractivity contribution in [3.8, 4) is 5.75 Å². The molecule has 1 saturated heterocycles. The van der Waals surface area contributed by atoms with Crippen LogP contribution in [0.1, 0.15) is 18.4 Å². The fourth-order valence-electron chi connectivity index (χ4n) is 2.23. The van der Waals surface area contributed by atoms with E-state index in [0.29, 0.717) is 0 Å². The fourth-order valence-corrected chi connectivity index (χ4v) is 2.42. The van der Waals surface area contributed by atoms with Gasteiger partial charge >= 0.3 is 0 Å². The van der Waals surface area contributed by atoms with Crippen molar-refractivity contribution in [2.45, 2.75) is 19.4 Å². The molecule has 1 fully saturated rings. The number of hydrogen-bond acceptors (Lipinski definition) is 3. The van der Waals surface area contributed by atoms with Gasteiger partial charge < -0.3 is 14.8 Å². The first-order chi connectivity index (χ1) is 8.79. The molecule has 0 amide bonds. The van der Waals surface area contributed by atoms with E-state index in [1.165, 1.54) is 12.8 Å². The van der Waals surface area contributed by atoms with Crippen LogP contribution in [0.5, 0.6) is 5.75 Å². The highest BCUT2D eigenvalue weighted by Gasteiger charge is 2.14. The minimum absolute atomic E-state index is 0.721. The van der Waals surface area contributed by atoms with Crippen molar-refractivity contribution in [1.29, 1.82) is 0 Å². The highest BCUT2D eigenvalue weighted by atomic mass is 35.5. The molecule has 1 N–H and O–H groups in total. The first-order valence-corrected chi connectivity index (χ1v) is 6.78. The Hall–Kier alpha value is -0.770. The summed E-state index contributed by atoms with van der Waals surface area (Å²) in [5.41, 5.74) is 1.10. The SMILES string of the molecule is COc1ccc(Cl)cc1CNCCC1CCOC1. The molecule has 0 aliphatic carbocycles. The first-order valence-electron chi connectivity index (χ1n) is 6.40. The minimum Gasteiger partial charge on any atom is -0.496 e. The Balaban J connectivity index is 1.76. The van der Waals surface area contributed by atoms with Crippen molar-refractivity contribution in [3.63, 3.8) is 0 Å². The summed E-state index contributed by atoms with van der Waals surface area (Å²) in [7, 11) is 1.68. The van der Waals surface area contributed by atoms with Crippen molar-refractivity contribution in [2.75, 3.05) is 26.9 Å². The van der Waals surface area contributed by atoms with Crippen LogP contribution in [0, 0.1) is 5.92 Å². The molecule has 0 radical (unpaired) electrons. The maximum Gasteiger partial charge on any atom is 0.123 e. The van der Waals surface area contributed by atoms with E-state index >= 15 is 0 Å². The predicted molar refractivity (Wildman–Crippen MR) is 73.3 cm³/mol. The number of rotatable bonds is 6. The van der Waals surface area contributed by atoms with E-state index in [1.54, 1.807) is 7.11 Å². The van der Waals surface area contributed by atoms with E-state index in [-0.39, 0.29) is 0 Å². The molecule has 18 heavy (non-hydrogen) atoms. The van der Waals surface area contributed by atoms with E-state index in [1.807, 2.05) is 18.2 Å². The number of nitrogens with one attached hydrogen (secondary N) is 1. The van der Waals surface area contributed by atoms with Gasteiger partial charge in [0.1, 0.15) is 5.75 Å². The highest BCUT2D eigenvalue weighted by Crippen LogP contribution is 2.22. The summed E-state index contributed by atoms with van der Waals surface area (Å²) in [4.78, 5) is 0. The summed E-state index contributed by atoms with van der Waals surface area (Å²) in [5, 5.41) is 4.18. The highest BCUT2D eigenvalue weighted by molar-refractivity contribution is 6.30. The van der Waals surface area contributed by atoms with Crippen molar-refractivity contribution in [1.82, 2.24) is 5.32 Å². The number of halogens is 1. The zero-order valence-corrected chi connectivity index (χ0v) is 11.5. The molecule has 1 aliphatic heterocycles. The molecule has 0 bridgehead atoms. The number of ether oxygens (including phenoxy) is 2. The molecule has 1 aromatic carbocycles. The second-order valence-electron chi connectivity index (χ2n) is 4.65. The van der Waals surface area contributed by atoms with Crippen LogP contribution in [0.25, 0.3) is 0 Å². The predicted octanol–water partition coefficient (Wildman–Crippen LogP) is 2.86. The van der Waals surface area contributed by atoms with E-state index in [9.17, 15) is 0 Å². The Morgan fingerprint density at radius 3 is 3.11 bits per heavy atom.